The van der Waals surface area contributed by atoms with E-state index in [1.54, 1.807) is 0 Å². The van der Waals surface area contributed by atoms with Crippen LogP contribution in [0.1, 0.15) is 48.4 Å². The lowest BCUT2D eigenvalue weighted by Crippen LogP contribution is -2.35. The Bertz CT molecular complexity index is 534. The molecule has 114 valence electrons. The number of carbonyl (C=O) groups excluding carboxylic acids is 1. The second-order valence-electron chi connectivity index (χ2n) is 5.04. The van der Waals surface area contributed by atoms with Gasteiger partial charge < -0.3 is 20.2 Å². The predicted molar refractivity (Wildman–Crippen MR) is 77.1 cm³/mol. The molecule has 0 unspecified atom stereocenters. The van der Waals surface area contributed by atoms with E-state index in [0.717, 1.165) is 19.3 Å². The van der Waals surface area contributed by atoms with Gasteiger partial charge in [-0.15, -0.1) is 0 Å². The molecule has 0 spiro atoms. The van der Waals surface area contributed by atoms with Crippen molar-refractivity contribution in [2.45, 2.75) is 38.6 Å². The molecular weight excluding hydrogens is 272 g/mol. The van der Waals surface area contributed by atoms with Crippen LogP contribution in [0.2, 0.25) is 0 Å². The number of carboxylic acids is 1. The lowest BCUT2D eigenvalue weighted by molar-refractivity contribution is 0.0660. The van der Waals surface area contributed by atoms with Gasteiger partial charge in [0.1, 0.15) is 5.76 Å². The Morgan fingerprint density at radius 1 is 1.24 bits per heavy atom. The Hall–Kier alpha value is -2.24. The first-order chi connectivity index (χ1) is 10.1. The van der Waals surface area contributed by atoms with Crippen LogP contribution in [0.25, 0.3) is 0 Å². The first-order valence-electron chi connectivity index (χ1n) is 7.17. The maximum atomic E-state index is 11.6. The molecule has 2 rings (SSSR count). The van der Waals surface area contributed by atoms with Crippen LogP contribution in [0.3, 0.4) is 0 Å². The van der Waals surface area contributed by atoms with Crippen LogP contribution in [0, 0.1) is 0 Å². The maximum absolute atomic E-state index is 11.6. The van der Waals surface area contributed by atoms with E-state index in [9.17, 15) is 9.59 Å². The van der Waals surface area contributed by atoms with E-state index in [0.29, 0.717) is 12.3 Å². The van der Waals surface area contributed by atoms with Gasteiger partial charge >= 0.3 is 12.0 Å². The lowest BCUT2D eigenvalue weighted by atomic mass is 9.97. The van der Waals surface area contributed by atoms with Crippen LogP contribution in [-0.2, 0) is 6.54 Å². The highest BCUT2D eigenvalue weighted by molar-refractivity contribution is 5.84. The van der Waals surface area contributed by atoms with Crippen molar-refractivity contribution in [3.05, 3.63) is 35.3 Å². The summed E-state index contributed by atoms with van der Waals surface area (Å²) in [7, 11) is 0. The van der Waals surface area contributed by atoms with E-state index in [4.69, 9.17) is 9.52 Å². The molecule has 6 heteroatoms. The monoisotopic (exact) mass is 292 g/mol. The predicted octanol–water partition coefficient (Wildman–Crippen LogP) is 2.67. The smallest absolute Gasteiger partial charge is 0.371 e. The average Bonchev–Trinajstić information content (AvgIpc) is 2.95. The van der Waals surface area contributed by atoms with E-state index in [1.165, 1.54) is 30.5 Å². The molecule has 1 aliphatic carbocycles. The number of carbonyl (C=O) groups is 2. The molecule has 0 fully saturated rings. The summed E-state index contributed by atoms with van der Waals surface area (Å²) in [5.41, 5.74) is 1.42. The summed E-state index contributed by atoms with van der Waals surface area (Å²) in [6.07, 6.45) is 7.93. The Balaban J connectivity index is 1.64. The number of carboxylic acid groups (broad SMARTS) is 1. The number of urea groups is 1. The van der Waals surface area contributed by atoms with Crippen molar-refractivity contribution in [1.29, 1.82) is 0 Å². The average molecular weight is 292 g/mol. The third kappa shape index (κ3) is 4.98. The number of allylic oxidation sites excluding steroid dienone is 1. The van der Waals surface area contributed by atoms with Crippen LogP contribution in [0.15, 0.2) is 28.2 Å². The van der Waals surface area contributed by atoms with E-state index in [1.807, 2.05) is 0 Å². The summed E-state index contributed by atoms with van der Waals surface area (Å²) in [6, 6.07) is 2.63. The fourth-order valence-corrected chi connectivity index (χ4v) is 2.29. The number of aromatic carboxylic acids is 1. The van der Waals surface area contributed by atoms with Crippen LogP contribution in [0.4, 0.5) is 4.79 Å². The molecule has 1 aliphatic rings. The van der Waals surface area contributed by atoms with Gasteiger partial charge in [-0.05, 0) is 44.2 Å². The summed E-state index contributed by atoms with van der Waals surface area (Å²) < 4.78 is 5.04. The summed E-state index contributed by atoms with van der Waals surface area (Å²) in [6.45, 7) is 0.776. The Kier molecular flexibility index (Phi) is 5.43. The zero-order chi connectivity index (χ0) is 15.1. The number of nitrogens with one attached hydrogen (secondary N) is 2. The second kappa shape index (κ2) is 7.52. The Morgan fingerprint density at radius 2 is 2.10 bits per heavy atom. The molecule has 0 bridgehead atoms. The number of hydrogen-bond donors (Lipinski definition) is 3. The van der Waals surface area contributed by atoms with Crippen LogP contribution in [-0.4, -0.2) is 23.7 Å². The van der Waals surface area contributed by atoms with Crippen molar-refractivity contribution in [1.82, 2.24) is 10.6 Å². The Labute approximate surface area is 123 Å². The fraction of sp³-hybridized carbons (Fsp3) is 0.467. The molecule has 1 aromatic rings. The van der Waals surface area contributed by atoms with Crippen LogP contribution < -0.4 is 10.6 Å². The lowest BCUT2D eigenvalue weighted by Gasteiger charge is -2.13. The fourth-order valence-electron chi connectivity index (χ4n) is 2.29. The molecule has 3 N–H and O–H groups in total. The number of amides is 2. The quantitative estimate of drug-likeness (QED) is 0.703. The maximum Gasteiger partial charge on any atom is 0.371 e. The summed E-state index contributed by atoms with van der Waals surface area (Å²) in [4.78, 5) is 22.2. The first-order valence-corrected chi connectivity index (χ1v) is 7.17. The molecule has 2 amide bonds. The van der Waals surface area contributed by atoms with Gasteiger partial charge in [-0.25, -0.2) is 9.59 Å². The minimum Gasteiger partial charge on any atom is -0.475 e. The SMILES string of the molecule is O=C(NCCC1=CCCCC1)NCc1ccc(C(=O)O)o1. The molecule has 0 saturated carbocycles. The zero-order valence-corrected chi connectivity index (χ0v) is 11.9. The summed E-state index contributed by atoms with van der Waals surface area (Å²) >= 11 is 0. The molecule has 0 saturated heterocycles. The highest BCUT2D eigenvalue weighted by Gasteiger charge is 2.09. The zero-order valence-electron chi connectivity index (χ0n) is 11.9. The van der Waals surface area contributed by atoms with Gasteiger partial charge in [0, 0.05) is 6.54 Å². The van der Waals surface area contributed by atoms with Gasteiger partial charge in [0.15, 0.2) is 0 Å². The van der Waals surface area contributed by atoms with Crippen molar-refractivity contribution >= 4 is 12.0 Å². The van der Waals surface area contributed by atoms with E-state index in [-0.39, 0.29) is 18.3 Å². The molecule has 1 aromatic heterocycles. The van der Waals surface area contributed by atoms with Gasteiger partial charge in [0.05, 0.1) is 6.54 Å². The van der Waals surface area contributed by atoms with E-state index in [2.05, 4.69) is 16.7 Å². The second-order valence-corrected chi connectivity index (χ2v) is 5.04. The summed E-state index contributed by atoms with van der Waals surface area (Å²) in [5.74, 6) is -0.833. The Morgan fingerprint density at radius 3 is 2.76 bits per heavy atom. The van der Waals surface area contributed by atoms with E-state index >= 15 is 0 Å². The molecular formula is C15H20N2O4. The molecule has 0 aromatic carbocycles. The third-order valence-corrected chi connectivity index (χ3v) is 3.41. The van der Waals surface area contributed by atoms with Gasteiger partial charge in [-0.3, -0.25) is 0 Å². The van der Waals surface area contributed by atoms with Crippen molar-refractivity contribution in [2.24, 2.45) is 0 Å². The molecule has 0 aliphatic heterocycles. The minimum atomic E-state index is -1.12. The third-order valence-electron chi connectivity index (χ3n) is 3.41. The topological polar surface area (TPSA) is 91.6 Å². The van der Waals surface area contributed by atoms with Gasteiger partial charge in [0.25, 0.3) is 0 Å². The van der Waals surface area contributed by atoms with Crippen molar-refractivity contribution in [3.8, 4) is 0 Å². The van der Waals surface area contributed by atoms with Crippen molar-refractivity contribution in [2.75, 3.05) is 6.54 Å². The minimum absolute atomic E-state index is 0.128. The van der Waals surface area contributed by atoms with Gasteiger partial charge in [0.2, 0.25) is 5.76 Å². The number of furan rings is 1. The summed E-state index contributed by atoms with van der Waals surface area (Å²) in [5, 5.41) is 14.1. The van der Waals surface area contributed by atoms with Crippen molar-refractivity contribution in [3.63, 3.8) is 0 Å². The van der Waals surface area contributed by atoms with Gasteiger partial charge in [-0.2, -0.15) is 0 Å². The molecule has 6 nitrogen and oxygen atoms in total. The molecule has 21 heavy (non-hydrogen) atoms. The molecule has 1 heterocycles. The van der Waals surface area contributed by atoms with Crippen LogP contribution in [0.5, 0.6) is 0 Å². The highest BCUT2D eigenvalue weighted by atomic mass is 16.4. The number of hydrogen-bond acceptors (Lipinski definition) is 3. The molecule has 0 radical (unpaired) electrons. The highest BCUT2D eigenvalue weighted by Crippen LogP contribution is 2.19. The standard InChI is InChI=1S/C15H20N2O4/c18-14(19)13-7-6-12(21-13)10-17-15(20)16-9-8-11-4-2-1-3-5-11/h4,6-7H,1-3,5,8-10H2,(H,18,19)(H2,16,17,20). The van der Waals surface area contributed by atoms with Gasteiger partial charge in [-0.1, -0.05) is 11.6 Å². The molecule has 0 atom stereocenters. The number of rotatable bonds is 6. The normalized spacial score (nSPS) is 14.4. The van der Waals surface area contributed by atoms with E-state index < -0.39 is 5.97 Å². The first kappa shape index (κ1) is 15.2. The van der Waals surface area contributed by atoms with Crippen LogP contribution >= 0.6 is 0 Å². The van der Waals surface area contributed by atoms with Crippen molar-refractivity contribution < 1.29 is 19.1 Å². The largest absolute Gasteiger partial charge is 0.475 e.